The summed E-state index contributed by atoms with van der Waals surface area (Å²) in [6.45, 7) is 6.47. The number of hydrogen-bond acceptors (Lipinski definition) is 6. The van der Waals surface area contributed by atoms with Gasteiger partial charge in [0.15, 0.2) is 6.10 Å². The molecule has 364 valence electrons. The number of unbranched alkanes of at least 4 members (excludes halogenated alkanes) is 27. The van der Waals surface area contributed by atoms with Crippen LogP contribution >= 0.6 is 0 Å². The Kier molecular flexibility index (Phi) is 49.4. The van der Waals surface area contributed by atoms with Gasteiger partial charge in [-0.3, -0.25) is 14.4 Å². The zero-order valence-electron chi connectivity index (χ0n) is 41.6. The standard InChI is InChI=1S/C57H100O6/c1-4-7-10-13-16-19-22-25-27-29-32-35-38-41-44-47-50-56(59)62-53-54(52-61-55(58)49-46-43-40-37-34-31-24-21-18-15-12-9-6-3)63-57(60)51-48-45-42-39-36-33-30-28-26-23-20-17-14-11-8-5-2/h7,10,16,19,25,27,31,34,40,43,54H,4-6,8-9,11-15,17-18,20-24,26,28-30,32-33,35-39,41-42,44-53H2,1-3H3/b10-7-,19-16-,27-25-,34-31-,43-40-. The Balaban J connectivity index is 4.43. The van der Waals surface area contributed by atoms with Crippen molar-refractivity contribution in [3.8, 4) is 0 Å². The highest BCUT2D eigenvalue weighted by Gasteiger charge is 2.19. The summed E-state index contributed by atoms with van der Waals surface area (Å²) in [5, 5.41) is 0. The summed E-state index contributed by atoms with van der Waals surface area (Å²) < 4.78 is 16.8. The Bertz CT molecular complexity index is 1150. The van der Waals surface area contributed by atoms with Crippen LogP contribution in [0.3, 0.4) is 0 Å². The van der Waals surface area contributed by atoms with Crippen LogP contribution in [0.2, 0.25) is 0 Å². The average molecular weight is 881 g/mol. The van der Waals surface area contributed by atoms with Crippen LogP contribution < -0.4 is 0 Å². The van der Waals surface area contributed by atoms with E-state index in [4.69, 9.17) is 14.2 Å². The molecule has 0 aliphatic heterocycles. The maximum absolute atomic E-state index is 12.8. The molecule has 6 heteroatoms. The second kappa shape index (κ2) is 51.7. The molecule has 0 aliphatic carbocycles. The smallest absolute Gasteiger partial charge is 0.306 e. The van der Waals surface area contributed by atoms with Crippen LogP contribution in [-0.2, 0) is 28.6 Å². The minimum absolute atomic E-state index is 0.0962. The lowest BCUT2D eigenvalue weighted by Crippen LogP contribution is -2.30. The molecular formula is C57H100O6. The quantitative estimate of drug-likeness (QED) is 0.0262. The fourth-order valence-electron chi connectivity index (χ4n) is 7.51. The van der Waals surface area contributed by atoms with Crippen LogP contribution in [0.1, 0.15) is 265 Å². The summed E-state index contributed by atoms with van der Waals surface area (Å²) >= 11 is 0. The first-order valence-electron chi connectivity index (χ1n) is 26.8. The molecule has 6 nitrogen and oxygen atoms in total. The molecule has 0 heterocycles. The minimum atomic E-state index is -0.799. The molecule has 0 saturated carbocycles. The summed E-state index contributed by atoms with van der Waals surface area (Å²) in [5.74, 6) is -0.970. The van der Waals surface area contributed by atoms with Crippen LogP contribution in [0.25, 0.3) is 0 Å². The third-order valence-electron chi connectivity index (χ3n) is 11.5. The molecule has 1 unspecified atom stereocenters. The SMILES string of the molecule is CC/C=C\C/C=C\C/C=C\CCCCCCCCC(=O)OCC(COC(=O)CC/C=C\C/C=C\CCCCCCCC)OC(=O)CCCCCCCCCCCCCCCCCC. The van der Waals surface area contributed by atoms with Crippen molar-refractivity contribution < 1.29 is 28.6 Å². The van der Waals surface area contributed by atoms with E-state index in [9.17, 15) is 14.4 Å². The van der Waals surface area contributed by atoms with Crippen molar-refractivity contribution in [3.63, 3.8) is 0 Å². The maximum Gasteiger partial charge on any atom is 0.306 e. The van der Waals surface area contributed by atoms with E-state index in [0.717, 1.165) is 77.0 Å². The van der Waals surface area contributed by atoms with Gasteiger partial charge in [0.2, 0.25) is 0 Å². The summed E-state index contributed by atoms with van der Waals surface area (Å²) in [4.78, 5) is 38.0. The zero-order chi connectivity index (χ0) is 45.8. The molecular weight excluding hydrogens is 781 g/mol. The van der Waals surface area contributed by atoms with Gasteiger partial charge in [-0.25, -0.2) is 0 Å². The lowest BCUT2D eigenvalue weighted by molar-refractivity contribution is -0.166. The number of allylic oxidation sites excluding steroid dienone is 10. The molecule has 0 fully saturated rings. The summed E-state index contributed by atoms with van der Waals surface area (Å²) in [5.41, 5.74) is 0. The van der Waals surface area contributed by atoms with E-state index in [1.54, 1.807) is 0 Å². The number of carbonyl (C=O) groups excluding carboxylic acids is 3. The molecule has 63 heavy (non-hydrogen) atoms. The molecule has 0 aliphatic rings. The average Bonchev–Trinajstić information content (AvgIpc) is 3.28. The van der Waals surface area contributed by atoms with Gasteiger partial charge in [0.1, 0.15) is 13.2 Å². The first-order valence-corrected chi connectivity index (χ1v) is 26.8. The van der Waals surface area contributed by atoms with Crippen molar-refractivity contribution in [1.82, 2.24) is 0 Å². The largest absolute Gasteiger partial charge is 0.462 e. The number of rotatable bonds is 48. The second-order valence-corrected chi connectivity index (χ2v) is 17.8. The third-order valence-corrected chi connectivity index (χ3v) is 11.5. The number of carbonyl (C=O) groups is 3. The highest BCUT2D eigenvalue weighted by atomic mass is 16.6. The first-order chi connectivity index (χ1) is 31.0. The summed E-state index contributed by atoms with van der Waals surface area (Å²) in [7, 11) is 0. The molecule has 0 rings (SSSR count). The van der Waals surface area contributed by atoms with E-state index in [2.05, 4.69) is 75.5 Å². The van der Waals surface area contributed by atoms with Crippen LogP contribution in [0.4, 0.5) is 0 Å². The minimum Gasteiger partial charge on any atom is -0.462 e. The normalized spacial score (nSPS) is 12.5. The zero-order valence-corrected chi connectivity index (χ0v) is 41.6. The van der Waals surface area contributed by atoms with Crippen molar-refractivity contribution in [2.24, 2.45) is 0 Å². The van der Waals surface area contributed by atoms with Gasteiger partial charge in [-0.15, -0.1) is 0 Å². The van der Waals surface area contributed by atoms with Crippen molar-refractivity contribution in [3.05, 3.63) is 60.8 Å². The number of hydrogen-bond donors (Lipinski definition) is 0. The van der Waals surface area contributed by atoms with Gasteiger partial charge < -0.3 is 14.2 Å². The molecule has 0 spiro atoms. The molecule has 0 amide bonds. The monoisotopic (exact) mass is 881 g/mol. The lowest BCUT2D eigenvalue weighted by atomic mass is 10.0. The fraction of sp³-hybridized carbons (Fsp3) is 0.772. The lowest BCUT2D eigenvalue weighted by Gasteiger charge is -2.18. The van der Waals surface area contributed by atoms with Gasteiger partial charge >= 0.3 is 17.9 Å². The first kappa shape index (κ1) is 60.1. The van der Waals surface area contributed by atoms with Gasteiger partial charge in [0.05, 0.1) is 0 Å². The highest BCUT2D eigenvalue weighted by molar-refractivity contribution is 5.71. The van der Waals surface area contributed by atoms with Crippen LogP contribution in [0.5, 0.6) is 0 Å². The van der Waals surface area contributed by atoms with Crippen molar-refractivity contribution in [2.75, 3.05) is 13.2 Å². The Morgan fingerprint density at radius 3 is 1.06 bits per heavy atom. The molecule has 0 aromatic heterocycles. The highest BCUT2D eigenvalue weighted by Crippen LogP contribution is 2.15. The summed E-state index contributed by atoms with van der Waals surface area (Å²) in [6, 6.07) is 0. The summed E-state index contributed by atoms with van der Waals surface area (Å²) in [6.07, 6.45) is 63.6. The van der Waals surface area contributed by atoms with E-state index < -0.39 is 6.10 Å². The topological polar surface area (TPSA) is 78.9 Å². The second-order valence-electron chi connectivity index (χ2n) is 17.8. The van der Waals surface area contributed by atoms with E-state index in [0.29, 0.717) is 19.3 Å². The molecule has 0 bridgehead atoms. The van der Waals surface area contributed by atoms with Gasteiger partial charge in [-0.1, -0.05) is 236 Å². The van der Waals surface area contributed by atoms with Gasteiger partial charge in [-0.05, 0) is 70.6 Å². The van der Waals surface area contributed by atoms with E-state index in [-0.39, 0.29) is 37.5 Å². The fourth-order valence-corrected chi connectivity index (χ4v) is 7.51. The Morgan fingerprint density at radius 2 is 0.651 bits per heavy atom. The molecule has 0 saturated heterocycles. The molecule has 0 N–H and O–H groups in total. The van der Waals surface area contributed by atoms with Crippen molar-refractivity contribution in [1.29, 1.82) is 0 Å². The van der Waals surface area contributed by atoms with E-state index in [1.165, 1.54) is 141 Å². The predicted molar refractivity (Wildman–Crippen MR) is 270 cm³/mol. The van der Waals surface area contributed by atoms with Crippen molar-refractivity contribution in [2.45, 2.75) is 271 Å². The molecule has 0 aromatic carbocycles. The Hall–Kier alpha value is -2.89. The van der Waals surface area contributed by atoms with Crippen LogP contribution in [-0.4, -0.2) is 37.2 Å². The predicted octanol–water partition coefficient (Wildman–Crippen LogP) is 17.6. The van der Waals surface area contributed by atoms with Crippen molar-refractivity contribution >= 4 is 17.9 Å². The van der Waals surface area contributed by atoms with E-state index in [1.807, 2.05) is 6.08 Å². The third kappa shape index (κ3) is 50.0. The molecule has 0 aromatic rings. The van der Waals surface area contributed by atoms with E-state index >= 15 is 0 Å². The Morgan fingerprint density at radius 1 is 0.333 bits per heavy atom. The van der Waals surface area contributed by atoms with Crippen LogP contribution in [0.15, 0.2) is 60.8 Å². The number of ether oxygens (including phenoxy) is 3. The molecule has 0 radical (unpaired) electrons. The Labute approximate surface area is 390 Å². The van der Waals surface area contributed by atoms with Gasteiger partial charge in [0, 0.05) is 19.3 Å². The molecule has 1 atom stereocenters. The van der Waals surface area contributed by atoms with Gasteiger partial charge in [0.25, 0.3) is 0 Å². The van der Waals surface area contributed by atoms with Gasteiger partial charge in [-0.2, -0.15) is 0 Å². The number of esters is 3. The van der Waals surface area contributed by atoms with Crippen LogP contribution in [0, 0.1) is 0 Å². The maximum atomic E-state index is 12.8.